The van der Waals surface area contributed by atoms with Crippen molar-refractivity contribution < 1.29 is 14.3 Å². The van der Waals surface area contributed by atoms with E-state index in [-0.39, 0.29) is 11.9 Å². The molecule has 0 aliphatic carbocycles. The molecule has 164 valence electrons. The fraction of sp³-hybridized carbons (Fsp3) is 0.696. The monoisotopic (exact) mass is 414 g/mol. The molecule has 4 rings (SSSR count). The average molecular weight is 415 g/mol. The quantitative estimate of drug-likeness (QED) is 0.695. The van der Waals surface area contributed by atoms with Gasteiger partial charge in [-0.05, 0) is 56.6 Å². The summed E-state index contributed by atoms with van der Waals surface area (Å²) in [6.07, 6.45) is 8.50. The first-order valence-electron chi connectivity index (χ1n) is 11.3. The first-order valence-corrected chi connectivity index (χ1v) is 11.3. The van der Waals surface area contributed by atoms with Crippen molar-refractivity contribution in [2.75, 3.05) is 40.0 Å². The number of methoxy groups -OCH3 is 1. The predicted octanol–water partition coefficient (Wildman–Crippen LogP) is 3.38. The summed E-state index contributed by atoms with van der Waals surface area (Å²) in [6.45, 7) is 6.28. The predicted molar refractivity (Wildman–Crippen MR) is 115 cm³/mol. The minimum Gasteiger partial charge on any atom is -0.383 e. The van der Waals surface area contributed by atoms with Crippen LogP contribution in [-0.2, 0) is 20.7 Å². The van der Waals surface area contributed by atoms with E-state index >= 15 is 0 Å². The van der Waals surface area contributed by atoms with Gasteiger partial charge in [-0.2, -0.15) is 0 Å². The number of pyridine rings is 1. The van der Waals surface area contributed by atoms with Crippen molar-refractivity contribution in [2.24, 2.45) is 5.41 Å². The van der Waals surface area contributed by atoms with Crippen LogP contribution in [0.2, 0.25) is 0 Å². The lowest BCUT2D eigenvalue weighted by Crippen LogP contribution is -2.45. The molecule has 0 aromatic carbocycles. The summed E-state index contributed by atoms with van der Waals surface area (Å²) < 4.78 is 13.1. The number of nitrogens with zero attached hydrogens (tertiary/aromatic N) is 4. The summed E-state index contributed by atoms with van der Waals surface area (Å²) in [5.74, 6) is 1.27. The summed E-state index contributed by atoms with van der Waals surface area (Å²) in [5.41, 5.74) is 2.21. The number of rotatable bonds is 7. The molecule has 7 nitrogen and oxygen atoms in total. The van der Waals surface area contributed by atoms with E-state index in [9.17, 15) is 4.79 Å². The Kier molecular flexibility index (Phi) is 6.68. The molecule has 1 spiro atoms. The number of amides is 1. The van der Waals surface area contributed by atoms with Crippen LogP contribution in [0.4, 0.5) is 0 Å². The van der Waals surface area contributed by atoms with Gasteiger partial charge in [0, 0.05) is 52.5 Å². The molecule has 0 bridgehead atoms. The zero-order valence-electron chi connectivity index (χ0n) is 18.3. The molecular formula is C23H34N4O3. The highest BCUT2D eigenvalue weighted by atomic mass is 16.5. The van der Waals surface area contributed by atoms with Crippen LogP contribution in [-0.4, -0.2) is 65.4 Å². The smallest absolute Gasteiger partial charge is 0.222 e. The Hall–Kier alpha value is -1.99. The van der Waals surface area contributed by atoms with Crippen LogP contribution in [0.15, 0.2) is 18.3 Å². The fourth-order valence-corrected chi connectivity index (χ4v) is 5.02. The molecule has 2 aliphatic rings. The number of carbonyl (C=O) groups is 1. The van der Waals surface area contributed by atoms with Crippen molar-refractivity contribution >= 4 is 17.1 Å². The molecule has 2 aromatic heterocycles. The largest absolute Gasteiger partial charge is 0.383 e. The number of imidazole rings is 1. The van der Waals surface area contributed by atoms with Crippen LogP contribution in [0.1, 0.15) is 57.3 Å². The number of aryl methyl sites for hydroxylation is 1. The van der Waals surface area contributed by atoms with Crippen LogP contribution in [0.3, 0.4) is 0 Å². The van der Waals surface area contributed by atoms with Gasteiger partial charge in [0.25, 0.3) is 0 Å². The Labute approximate surface area is 178 Å². The Balaban J connectivity index is 1.33. The Morgan fingerprint density at radius 1 is 1.27 bits per heavy atom. The molecule has 4 heterocycles. The number of aromatic nitrogens is 3. The fourth-order valence-electron chi connectivity index (χ4n) is 5.02. The number of ether oxygens (including phenoxy) is 2. The highest BCUT2D eigenvalue weighted by Gasteiger charge is 2.36. The average Bonchev–Trinajstić information content (AvgIpc) is 3.13. The topological polar surface area (TPSA) is 69.5 Å². The van der Waals surface area contributed by atoms with E-state index in [4.69, 9.17) is 14.5 Å². The number of hydrogen-bond acceptors (Lipinski definition) is 5. The van der Waals surface area contributed by atoms with Gasteiger partial charge in [0.15, 0.2) is 5.65 Å². The number of hydrogen-bond donors (Lipinski definition) is 0. The second kappa shape index (κ2) is 9.43. The molecule has 7 heteroatoms. The van der Waals surface area contributed by atoms with Crippen molar-refractivity contribution in [2.45, 2.75) is 57.9 Å². The van der Waals surface area contributed by atoms with Crippen molar-refractivity contribution in [3.05, 3.63) is 24.2 Å². The lowest BCUT2D eigenvalue weighted by molar-refractivity contribution is -0.134. The third-order valence-electron chi connectivity index (χ3n) is 6.89. The number of piperidine rings is 1. The maximum atomic E-state index is 12.8. The van der Waals surface area contributed by atoms with Crippen molar-refractivity contribution in [1.29, 1.82) is 0 Å². The van der Waals surface area contributed by atoms with Crippen molar-refractivity contribution in [3.63, 3.8) is 0 Å². The molecule has 0 unspecified atom stereocenters. The van der Waals surface area contributed by atoms with Crippen molar-refractivity contribution in [1.82, 2.24) is 19.4 Å². The van der Waals surface area contributed by atoms with Gasteiger partial charge in [0.05, 0.1) is 12.6 Å². The van der Waals surface area contributed by atoms with Gasteiger partial charge in [0.1, 0.15) is 11.3 Å². The Morgan fingerprint density at radius 2 is 2.03 bits per heavy atom. The van der Waals surface area contributed by atoms with Crippen molar-refractivity contribution in [3.8, 4) is 0 Å². The van der Waals surface area contributed by atoms with Crippen LogP contribution in [0, 0.1) is 5.41 Å². The van der Waals surface area contributed by atoms with E-state index in [0.29, 0.717) is 18.4 Å². The van der Waals surface area contributed by atoms with E-state index < -0.39 is 0 Å². The van der Waals surface area contributed by atoms with Gasteiger partial charge >= 0.3 is 0 Å². The highest BCUT2D eigenvalue weighted by molar-refractivity contribution is 5.76. The zero-order chi connectivity index (χ0) is 21.0. The minimum atomic E-state index is 0.151. The third-order valence-corrected chi connectivity index (χ3v) is 6.89. The molecule has 0 N–H and O–H groups in total. The molecule has 1 atom stereocenters. The summed E-state index contributed by atoms with van der Waals surface area (Å²) in [6, 6.07) is 4.06. The van der Waals surface area contributed by atoms with E-state index in [1.165, 1.54) is 0 Å². The lowest BCUT2D eigenvalue weighted by Gasteiger charge is -2.44. The number of likely N-dealkylation sites (tertiary alicyclic amines) is 1. The second-order valence-electron chi connectivity index (χ2n) is 8.90. The standard InChI is InChI=1S/C23H34N4O3/c1-18(17-29-2)27-20(25-19-5-4-12-24-22(19)27)6-3-7-21(28)26-13-8-23(9-14-26)10-15-30-16-11-23/h4-5,12,18H,3,6-11,13-17H2,1-2H3/t18-/m0/s1. The first kappa shape index (κ1) is 21.2. The van der Waals surface area contributed by atoms with Gasteiger partial charge in [-0.1, -0.05) is 0 Å². The van der Waals surface area contributed by atoms with Crippen LogP contribution >= 0.6 is 0 Å². The van der Waals surface area contributed by atoms with Gasteiger partial charge in [-0.25, -0.2) is 9.97 Å². The second-order valence-corrected chi connectivity index (χ2v) is 8.90. The van der Waals surface area contributed by atoms with Crippen LogP contribution in [0.25, 0.3) is 11.2 Å². The van der Waals surface area contributed by atoms with Crippen LogP contribution in [0.5, 0.6) is 0 Å². The Morgan fingerprint density at radius 3 is 2.77 bits per heavy atom. The summed E-state index contributed by atoms with van der Waals surface area (Å²) >= 11 is 0. The highest BCUT2D eigenvalue weighted by Crippen LogP contribution is 2.40. The third kappa shape index (κ3) is 4.52. The van der Waals surface area contributed by atoms with E-state index in [2.05, 4.69) is 21.4 Å². The number of fused-ring (bicyclic) bond motifs is 1. The molecule has 0 saturated carbocycles. The molecule has 2 aliphatic heterocycles. The van der Waals surface area contributed by atoms with E-state index in [1.54, 1.807) is 13.3 Å². The maximum Gasteiger partial charge on any atom is 0.222 e. The Bertz CT molecular complexity index is 849. The van der Waals surface area contributed by atoms with Gasteiger partial charge in [0.2, 0.25) is 5.91 Å². The normalized spacial score (nSPS) is 20.0. The summed E-state index contributed by atoms with van der Waals surface area (Å²) in [5, 5.41) is 0. The molecule has 2 saturated heterocycles. The van der Waals surface area contributed by atoms with Gasteiger partial charge in [-0.15, -0.1) is 0 Å². The summed E-state index contributed by atoms with van der Waals surface area (Å²) in [7, 11) is 1.71. The van der Waals surface area contributed by atoms with E-state index in [0.717, 1.165) is 81.8 Å². The minimum absolute atomic E-state index is 0.151. The van der Waals surface area contributed by atoms with Gasteiger partial charge in [-0.3, -0.25) is 4.79 Å². The SMILES string of the molecule is COC[C@H](C)n1c(CCCC(=O)N2CCC3(CCOCC3)CC2)nc2cccnc21. The zero-order valence-corrected chi connectivity index (χ0v) is 18.3. The molecule has 2 aromatic rings. The molecular weight excluding hydrogens is 380 g/mol. The first-order chi connectivity index (χ1) is 14.6. The lowest BCUT2D eigenvalue weighted by atomic mass is 9.72. The summed E-state index contributed by atoms with van der Waals surface area (Å²) in [4.78, 5) is 24.2. The molecule has 0 radical (unpaired) electrons. The molecule has 1 amide bonds. The van der Waals surface area contributed by atoms with E-state index in [1.807, 2.05) is 12.1 Å². The maximum absolute atomic E-state index is 12.8. The molecule has 30 heavy (non-hydrogen) atoms. The molecule has 2 fully saturated rings. The van der Waals surface area contributed by atoms with Gasteiger partial charge < -0.3 is 18.9 Å². The van der Waals surface area contributed by atoms with Crippen LogP contribution < -0.4 is 0 Å². The number of carbonyl (C=O) groups excluding carboxylic acids is 1.